The number of likely N-dealkylation sites (tertiary alicyclic amines) is 1. The number of halogens is 2. The van der Waals surface area contributed by atoms with Gasteiger partial charge in [-0.2, -0.15) is 8.78 Å². The van der Waals surface area contributed by atoms with Crippen molar-refractivity contribution in [1.29, 1.82) is 0 Å². The molecular weight excluding hydrogens is 446 g/mol. The summed E-state index contributed by atoms with van der Waals surface area (Å²) in [6.45, 7) is 2.98. The quantitative estimate of drug-likeness (QED) is 0.624. The molecule has 1 aliphatic heterocycles. The van der Waals surface area contributed by atoms with Gasteiger partial charge in [-0.05, 0) is 44.9 Å². The van der Waals surface area contributed by atoms with Gasteiger partial charge in [-0.3, -0.25) is 9.69 Å². The Balaban J connectivity index is 1.97. The summed E-state index contributed by atoms with van der Waals surface area (Å²) in [6.07, 6.45) is 0.840. The van der Waals surface area contributed by atoms with Gasteiger partial charge in [0.2, 0.25) is 11.8 Å². The number of anilines is 2. The van der Waals surface area contributed by atoms with Gasteiger partial charge in [-0.25, -0.2) is 9.78 Å². The first kappa shape index (κ1) is 25.4. The minimum Gasteiger partial charge on any atom is -0.415 e. The van der Waals surface area contributed by atoms with E-state index in [-0.39, 0.29) is 29.6 Å². The molecule has 2 aromatic rings. The van der Waals surface area contributed by atoms with Crippen molar-refractivity contribution < 1.29 is 27.8 Å². The van der Waals surface area contributed by atoms with E-state index in [4.69, 9.17) is 4.74 Å². The number of hydrogen-bond donors (Lipinski definition) is 1. The highest BCUT2D eigenvalue weighted by molar-refractivity contribution is 6.03. The Kier molecular flexibility index (Phi) is 8.38. The summed E-state index contributed by atoms with van der Waals surface area (Å²) < 4.78 is 35.9. The average molecular weight is 477 g/mol. The highest BCUT2D eigenvalue weighted by atomic mass is 19.3. The van der Waals surface area contributed by atoms with E-state index in [1.165, 1.54) is 13.0 Å². The second-order valence-corrected chi connectivity index (χ2v) is 8.16. The van der Waals surface area contributed by atoms with Crippen LogP contribution in [-0.4, -0.2) is 54.7 Å². The van der Waals surface area contributed by atoms with Crippen LogP contribution in [0, 0.1) is 6.92 Å². The Bertz CT molecular complexity index is 1010. The third-order valence-electron chi connectivity index (χ3n) is 5.92. The van der Waals surface area contributed by atoms with Crippen molar-refractivity contribution in [1.82, 2.24) is 9.88 Å². The number of benzene rings is 1. The van der Waals surface area contributed by atoms with E-state index < -0.39 is 12.6 Å². The van der Waals surface area contributed by atoms with Gasteiger partial charge in [0.25, 0.3) is 0 Å². The van der Waals surface area contributed by atoms with Crippen LogP contribution in [0.2, 0.25) is 0 Å². The molecular formula is C24H30F2N4O4. The summed E-state index contributed by atoms with van der Waals surface area (Å²) in [7, 11) is 1.59. The predicted molar refractivity (Wildman–Crippen MR) is 124 cm³/mol. The SMILES string of the molecule is COC(C)c1ccccc1N(C(=O)Nc1ccc(C)nc1OC(F)F)C1CCN(C(C)=O)CC1. The molecule has 1 fully saturated rings. The number of nitrogens with one attached hydrogen (secondary N) is 1. The predicted octanol–water partition coefficient (Wildman–Crippen LogP) is 4.75. The maximum Gasteiger partial charge on any atom is 0.388 e. The minimum atomic E-state index is -3.08. The molecule has 2 heterocycles. The molecule has 3 amide bonds. The number of carbonyl (C=O) groups is 2. The monoisotopic (exact) mass is 476 g/mol. The number of alkyl halides is 2. The number of amides is 3. The Labute approximate surface area is 197 Å². The molecule has 1 saturated heterocycles. The zero-order chi connectivity index (χ0) is 24.8. The van der Waals surface area contributed by atoms with Crippen LogP contribution < -0.4 is 15.0 Å². The van der Waals surface area contributed by atoms with E-state index in [2.05, 4.69) is 15.0 Å². The fourth-order valence-electron chi connectivity index (χ4n) is 4.07. The summed E-state index contributed by atoms with van der Waals surface area (Å²) in [5.41, 5.74) is 1.97. The van der Waals surface area contributed by atoms with Crippen molar-refractivity contribution in [3.05, 3.63) is 47.7 Å². The number of piperidine rings is 1. The molecule has 8 nitrogen and oxygen atoms in total. The molecule has 0 aliphatic carbocycles. The van der Waals surface area contributed by atoms with Gasteiger partial charge >= 0.3 is 12.6 Å². The molecule has 0 bridgehead atoms. The summed E-state index contributed by atoms with van der Waals surface area (Å²) in [6, 6.07) is 9.74. The summed E-state index contributed by atoms with van der Waals surface area (Å²) >= 11 is 0. The fourth-order valence-corrected chi connectivity index (χ4v) is 4.07. The van der Waals surface area contributed by atoms with Gasteiger partial charge in [0, 0.05) is 44.4 Å². The molecule has 1 N–H and O–H groups in total. The maximum absolute atomic E-state index is 13.6. The molecule has 34 heavy (non-hydrogen) atoms. The molecule has 0 spiro atoms. The van der Waals surface area contributed by atoms with Crippen molar-refractivity contribution in [2.24, 2.45) is 0 Å². The summed E-state index contributed by atoms with van der Waals surface area (Å²) in [4.78, 5) is 32.8. The number of urea groups is 1. The van der Waals surface area contributed by atoms with Crippen molar-refractivity contribution in [3.63, 3.8) is 0 Å². The molecule has 1 atom stereocenters. The third-order valence-corrected chi connectivity index (χ3v) is 5.92. The van der Waals surface area contributed by atoms with Crippen LogP contribution in [0.4, 0.5) is 25.0 Å². The van der Waals surface area contributed by atoms with Crippen molar-refractivity contribution >= 4 is 23.3 Å². The lowest BCUT2D eigenvalue weighted by molar-refractivity contribution is -0.129. The normalized spacial score (nSPS) is 15.2. The lowest BCUT2D eigenvalue weighted by Crippen LogP contribution is -2.50. The van der Waals surface area contributed by atoms with Crippen LogP contribution in [0.15, 0.2) is 36.4 Å². The number of rotatable bonds is 7. The highest BCUT2D eigenvalue weighted by Gasteiger charge is 2.32. The van der Waals surface area contributed by atoms with Gasteiger partial charge in [-0.1, -0.05) is 18.2 Å². The number of pyridine rings is 1. The number of para-hydroxylation sites is 1. The lowest BCUT2D eigenvalue weighted by atomic mass is 10.00. The van der Waals surface area contributed by atoms with Crippen LogP contribution >= 0.6 is 0 Å². The molecule has 1 unspecified atom stereocenters. The summed E-state index contributed by atoms with van der Waals surface area (Å²) in [5, 5.41) is 2.70. The molecule has 184 valence electrons. The maximum atomic E-state index is 13.6. The van der Waals surface area contributed by atoms with Gasteiger partial charge < -0.3 is 19.7 Å². The number of ether oxygens (including phenoxy) is 2. The van der Waals surface area contributed by atoms with Crippen LogP contribution in [-0.2, 0) is 9.53 Å². The molecule has 1 aliphatic rings. The average Bonchev–Trinajstić information content (AvgIpc) is 2.81. The zero-order valence-corrected chi connectivity index (χ0v) is 19.8. The molecule has 1 aromatic carbocycles. The van der Waals surface area contributed by atoms with Crippen LogP contribution in [0.3, 0.4) is 0 Å². The van der Waals surface area contributed by atoms with E-state index in [0.717, 1.165) is 5.56 Å². The lowest BCUT2D eigenvalue weighted by Gasteiger charge is -2.39. The Morgan fingerprint density at radius 1 is 1.18 bits per heavy atom. The van der Waals surface area contributed by atoms with E-state index in [0.29, 0.717) is 37.3 Å². The standard InChI is InChI=1S/C24H30F2N4O4/c1-15-9-10-20(22(27-15)34-23(25)26)28-24(32)30(18-11-13-29(14-12-18)17(3)31)21-8-6-5-7-19(21)16(2)33-4/h5-10,16,18,23H,11-14H2,1-4H3,(H,28,32). The van der Waals surface area contributed by atoms with Crippen LogP contribution in [0.25, 0.3) is 0 Å². The van der Waals surface area contributed by atoms with Crippen molar-refractivity contribution in [2.75, 3.05) is 30.4 Å². The van der Waals surface area contributed by atoms with Gasteiger partial charge in [-0.15, -0.1) is 0 Å². The Morgan fingerprint density at radius 2 is 1.85 bits per heavy atom. The van der Waals surface area contributed by atoms with E-state index >= 15 is 0 Å². The second-order valence-electron chi connectivity index (χ2n) is 8.16. The molecule has 0 saturated carbocycles. The largest absolute Gasteiger partial charge is 0.415 e. The van der Waals surface area contributed by atoms with Gasteiger partial charge in [0.15, 0.2) is 0 Å². The number of methoxy groups -OCH3 is 1. The van der Waals surface area contributed by atoms with E-state index in [1.807, 2.05) is 31.2 Å². The molecule has 1 aromatic heterocycles. The second kappa shape index (κ2) is 11.2. The molecule has 10 heteroatoms. The number of aromatic nitrogens is 1. The molecule has 3 rings (SSSR count). The topological polar surface area (TPSA) is 84.0 Å². The number of carbonyl (C=O) groups excluding carboxylic acids is 2. The van der Waals surface area contributed by atoms with E-state index in [1.54, 1.807) is 29.9 Å². The fraction of sp³-hybridized carbons (Fsp3) is 0.458. The number of nitrogens with zero attached hydrogens (tertiary/aromatic N) is 3. The van der Waals surface area contributed by atoms with Gasteiger partial charge in [0.1, 0.15) is 5.69 Å². The Hall–Kier alpha value is -3.27. The Morgan fingerprint density at radius 3 is 2.47 bits per heavy atom. The number of aryl methyl sites for hydroxylation is 1. The first-order chi connectivity index (χ1) is 16.2. The first-order valence-corrected chi connectivity index (χ1v) is 11.1. The number of hydrogen-bond acceptors (Lipinski definition) is 5. The van der Waals surface area contributed by atoms with Crippen molar-refractivity contribution in [2.45, 2.75) is 52.4 Å². The van der Waals surface area contributed by atoms with Crippen molar-refractivity contribution in [3.8, 4) is 5.88 Å². The zero-order valence-electron chi connectivity index (χ0n) is 19.8. The minimum absolute atomic E-state index is 0.0117. The summed E-state index contributed by atoms with van der Waals surface area (Å²) in [5.74, 6) is -0.365. The first-order valence-electron chi connectivity index (χ1n) is 11.1. The van der Waals surface area contributed by atoms with Crippen LogP contribution in [0.5, 0.6) is 5.88 Å². The smallest absolute Gasteiger partial charge is 0.388 e. The third kappa shape index (κ3) is 5.99. The molecule has 0 radical (unpaired) electrons. The van der Waals surface area contributed by atoms with Crippen LogP contribution in [0.1, 0.15) is 44.1 Å². The van der Waals surface area contributed by atoms with E-state index in [9.17, 15) is 18.4 Å². The van der Waals surface area contributed by atoms with Gasteiger partial charge in [0.05, 0.1) is 11.8 Å². The highest BCUT2D eigenvalue weighted by Crippen LogP contribution is 2.33.